The third-order valence-corrected chi connectivity index (χ3v) is 5.83. The molecule has 0 radical (unpaired) electrons. The van der Waals surface area contributed by atoms with E-state index < -0.39 is 4.92 Å². The molecular formula is C24H19N3O4S. The number of benzene rings is 3. The zero-order valence-corrected chi connectivity index (χ0v) is 18.0. The Morgan fingerprint density at radius 1 is 1.12 bits per heavy atom. The minimum absolute atomic E-state index is 0.00378. The van der Waals surface area contributed by atoms with Crippen LogP contribution in [0.3, 0.4) is 0 Å². The van der Waals surface area contributed by atoms with Gasteiger partial charge < -0.3 is 4.74 Å². The van der Waals surface area contributed by atoms with Gasteiger partial charge in [0.25, 0.3) is 11.6 Å². The van der Waals surface area contributed by atoms with Gasteiger partial charge in [0.15, 0.2) is 5.13 Å². The van der Waals surface area contributed by atoms with Crippen LogP contribution in [0, 0.1) is 10.1 Å². The second-order valence-electron chi connectivity index (χ2n) is 6.92. The van der Waals surface area contributed by atoms with Crippen LogP contribution in [0.15, 0.2) is 78.9 Å². The van der Waals surface area contributed by atoms with Crippen LogP contribution in [0.5, 0.6) is 5.75 Å². The van der Waals surface area contributed by atoms with Gasteiger partial charge in [-0.1, -0.05) is 41.7 Å². The number of amides is 1. The van der Waals surface area contributed by atoms with E-state index in [4.69, 9.17) is 4.74 Å². The fourth-order valence-corrected chi connectivity index (χ4v) is 4.10. The standard InChI is InChI=1S/C24H19N3O4S/c1-31-20-12-13-21-22(15-20)32-24(25-21)26(16-18-5-3-2-4-6-18)23(28)14-9-17-7-10-19(11-8-17)27(29)30/h2-15H,16H2,1H3/b14-9+. The van der Waals surface area contributed by atoms with Gasteiger partial charge in [0.1, 0.15) is 5.75 Å². The molecule has 0 bridgehead atoms. The summed E-state index contributed by atoms with van der Waals surface area (Å²) in [5, 5.41) is 11.4. The molecule has 0 atom stereocenters. The molecule has 4 rings (SSSR count). The van der Waals surface area contributed by atoms with Gasteiger partial charge >= 0.3 is 0 Å². The molecule has 0 N–H and O–H groups in total. The third-order valence-electron chi connectivity index (χ3n) is 4.79. The largest absolute Gasteiger partial charge is 0.497 e. The van der Waals surface area contributed by atoms with Gasteiger partial charge in [-0.15, -0.1) is 0 Å². The van der Waals surface area contributed by atoms with E-state index in [1.807, 2.05) is 48.5 Å². The van der Waals surface area contributed by atoms with Crippen LogP contribution in [0.2, 0.25) is 0 Å². The van der Waals surface area contributed by atoms with Crippen LogP contribution in [0.25, 0.3) is 16.3 Å². The Labute approximate surface area is 188 Å². The number of rotatable bonds is 7. The van der Waals surface area contributed by atoms with E-state index in [2.05, 4.69) is 4.98 Å². The Balaban J connectivity index is 1.64. The number of methoxy groups -OCH3 is 1. The van der Waals surface area contributed by atoms with Crippen molar-refractivity contribution < 1.29 is 14.5 Å². The number of fused-ring (bicyclic) bond motifs is 1. The van der Waals surface area contributed by atoms with E-state index in [0.717, 1.165) is 21.5 Å². The lowest BCUT2D eigenvalue weighted by molar-refractivity contribution is -0.384. The highest BCUT2D eigenvalue weighted by Gasteiger charge is 2.19. The summed E-state index contributed by atoms with van der Waals surface area (Å²) in [5.74, 6) is 0.491. The Morgan fingerprint density at radius 2 is 1.88 bits per heavy atom. The zero-order valence-electron chi connectivity index (χ0n) is 17.2. The van der Waals surface area contributed by atoms with Crippen molar-refractivity contribution >= 4 is 44.4 Å². The van der Waals surface area contributed by atoms with Crippen molar-refractivity contribution in [3.8, 4) is 5.75 Å². The van der Waals surface area contributed by atoms with E-state index in [9.17, 15) is 14.9 Å². The van der Waals surface area contributed by atoms with Crippen LogP contribution in [0.4, 0.5) is 10.8 Å². The molecule has 1 amide bonds. The maximum absolute atomic E-state index is 13.2. The van der Waals surface area contributed by atoms with E-state index in [1.165, 1.54) is 29.5 Å². The quantitative estimate of drug-likeness (QED) is 0.214. The van der Waals surface area contributed by atoms with Crippen molar-refractivity contribution in [3.63, 3.8) is 0 Å². The van der Waals surface area contributed by atoms with Gasteiger partial charge in [0, 0.05) is 18.2 Å². The average molecular weight is 446 g/mol. The summed E-state index contributed by atoms with van der Waals surface area (Å²) in [6, 6.07) is 21.3. The maximum atomic E-state index is 13.2. The molecule has 4 aromatic rings. The number of carbonyl (C=O) groups excluding carboxylic acids is 1. The molecule has 32 heavy (non-hydrogen) atoms. The van der Waals surface area contributed by atoms with Crippen molar-refractivity contribution in [1.82, 2.24) is 4.98 Å². The number of nitro benzene ring substituents is 1. The molecule has 0 aliphatic rings. The highest BCUT2D eigenvalue weighted by Crippen LogP contribution is 2.32. The lowest BCUT2D eigenvalue weighted by Crippen LogP contribution is -2.28. The number of carbonyl (C=O) groups is 1. The third kappa shape index (κ3) is 4.81. The molecule has 0 saturated carbocycles. The Hall–Kier alpha value is -4.04. The van der Waals surface area contributed by atoms with Gasteiger partial charge in [-0.3, -0.25) is 19.8 Å². The number of aromatic nitrogens is 1. The van der Waals surface area contributed by atoms with Gasteiger partial charge in [-0.25, -0.2) is 4.98 Å². The van der Waals surface area contributed by atoms with Crippen LogP contribution in [0.1, 0.15) is 11.1 Å². The van der Waals surface area contributed by atoms with Crippen molar-refractivity contribution in [1.29, 1.82) is 0 Å². The number of anilines is 1. The second-order valence-corrected chi connectivity index (χ2v) is 7.93. The molecule has 7 nitrogen and oxygen atoms in total. The number of ether oxygens (including phenoxy) is 1. The summed E-state index contributed by atoms with van der Waals surface area (Å²) in [5.41, 5.74) is 2.46. The van der Waals surface area contributed by atoms with Crippen LogP contribution < -0.4 is 9.64 Å². The molecular weight excluding hydrogens is 426 g/mol. The molecule has 3 aromatic carbocycles. The summed E-state index contributed by atoms with van der Waals surface area (Å²) < 4.78 is 6.21. The minimum atomic E-state index is -0.456. The fourth-order valence-electron chi connectivity index (χ4n) is 3.11. The summed E-state index contributed by atoms with van der Waals surface area (Å²) in [7, 11) is 1.61. The van der Waals surface area contributed by atoms with Crippen molar-refractivity contribution in [3.05, 3.63) is 100 Å². The minimum Gasteiger partial charge on any atom is -0.497 e. The maximum Gasteiger partial charge on any atom is 0.269 e. The number of hydrogen-bond donors (Lipinski definition) is 0. The van der Waals surface area contributed by atoms with Gasteiger partial charge in [0.05, 0.1) is 28.8 Å². The predicted octanol–water partition coefficient (Wildman–Crippen LogP) is 5.46. The summed E-state index contributed by atoms with van der Waals surface area (Å²) in [4.78, 5) is 29.8. The number of nitrogens with zero attached hydrogens (tertiary/aromatic N) is 3. The zero-order chi connectivity index (χ0) is 22.5. The Kier molecular flexibility index (Phi) is 6.23. The smallest absolute Gasteiger partial charge is 0.269 e. The van der Waals surface area contributed by atoms with E-state index in [1.54, 1.807) is 30.2 Å². The van der Waals surface area contributed by atoms with Crippen LogP contribution >= 0.6 is 11.3 Å². The van der Waals surface area contributed by atoms with Crippen molar-refractivity contribution in [2.75, 3.05) is 12.0 Å². The fraction of sp³-hybridized carbons (Fsp3) is 0.0833. The number of nitro groups is 1. The SMILES string of the molecule is COc1ccc2nc(N(Cc3ccccc3)C(=O)/C=C/c3ccc([N+](=O)[O-])cc3)sc2c1. The monoisotopic (exact) mass is 445 g/mol. The Morgan fingerprint density at radius 3 is 2.56 bits per heavy atom. The molecule has 160 valence electrons. The number of thiazole rings is 1. The first-order valence-corrected chi connectivity index (χ1v) is 10.6. The van der Waals surface area contributed by atoms with E-state index in [-0.39, 0.29) is 11.6 Å². The van der Waals surface area contributed by atoms with Gasteiger partial charge in [-0.05, 0) is 47.5 Å². The van der Waals surface area contributed by atoms with Crippen LogP contribution in [-0.2, 0) is 11.3 Å². The molecule has 0 unspecified atom stereocenters. The highest BCUT2D eigenvalue weighted by atomic mass is 32.1. The topological polar surface area (TPSA) is 85.6 Å². The Bertz CT molecular complexity index is 1280. The number of non-ortho nitro benzene ring substituents is 1. The lowest BCUT2D eigenvalue weighted by Gasteiger charge is -2.18. The summed E-state index contributed by atoms with van der Waals surface area (Å²) in [6.07, 6.45) is 3.09. The first-order valence-electron chi connectivity index (χ1n) is 9.76. The molecule has 0 spiro atoms. The molecule has 8 heteroatoms. The first kappa shape index (κ1) is 21.2. The molecule has 1 heterocycles. The van der Waals surface area contributed by atoms with E-state index >= 15 is 0 Å². The highest BCUT2D eigenvalue weighted by molar-refractivity contribution is 7.22. The summed E-state index contributed by atoms with van der Waals surface area (Å²) >= 11 is 1.41. The van der Waals surface area contributed by atoms with Crippen LogP contribution in [-0.4, -0.2) is 22.9 Å². The molecule has 0 saturated heterocycles. The molecule has 0 aliphatic carbocycles. The first-order chi connectivity index (χ1) is 15.5. The van der Waals surface area contributed by atoms with Crippen molar-refractivity contribution in [2.45, 2.75) is 6.54 Å². The predicted molar refractivity (Wildman–Crippen MR) is 126 cm³/mol. The lowest BCUT2D eigenvalue weighted by atomic mass is 10.2. The normalized spacial score (nSPS) is 11.0. The second kappa shape index (κ2) is 9.40. The van der Waals surface area contributed by atoms with Gasteiger partial charge in [0.2, 0.25) is 0 Å². The van der Waals surface area contributed by atoms with Crippen molar-refractivity contribution in [2.24, 2.45) is 0 Å². The number of hydrogen-bond acceptors (Lipinski definition) is 6. The van der Waals surface area contributed by atoms with E-state index in [0.29, 0.717) is 17.2 Å². The molecule has 1 aromatic heterocycles. The van der Waals surface area contributed by atoms with Gasteiger partial charge in [-0.2, -0.15) is 0 Å². The molecule has 0 aliphatic heterocycles. The molecule has 0 fully saturated rings. The average Bonchev–Trinajstić information content (AvgIpc) is 3.24. The summed E-state index contributed by atoms with van der Waals surface area (Å²) in [6.45, 7) is 0.362.